The summed E-state index contributed by atoms with van der Waals surface area (Å²) in [6, 6.07) is 5.76. The maximum atomic E-state index is 12.6. The number of furan rings is 1. The van der Waals surface area contributed by atoms with Crippen molar-refractivity contribution >= 4 is 40.6 Å². The van der Waals surface area contributed by atoms with E-state index in [1.165, 1.54) is 23.1 Å². The molecule has 0 atom stereocenters. The summed E-state index contributed by atoms with van der Waals surface area (Å²) in [7, 11) is 0. The molecular weight excluding hydrogens is 362 g/mol. The van der Waals surface area contributed by atoms with Gasteiger partial charge in [0, 0.05) is 17.0 Å². The van der Waals surface area contributed by atoms with E-state index in [0.29, 0.717) is 12.3 Å². The number of aryl methyl sites for hydroxylation is 1. The average molecular weight is 380 g/mol. The number of carbonyl (C=O) groups is 1. The van der Waals surface area contributed by atoms with Crippen LogP contribution in [0.15, 0.2) is 37.6 Å². The number of hydrogen-bond acceptors (Lipinski definition) is 7. The van der Waals surface area contributed by atoms with Crippen molar-refractivity contribution in [3.63, 3.8) is 0 Å². The lowest BCUT2D eigenvalue weighted by Crippen LogP contribution is -2.07. The Labute approximate surface area is 152 Å². The summed E-state index contributed by atoms with van der Waals surface area (Å²) in [5, 5.41) is 8.14. The van der Waals surface area contributed by atoms with Crippen LogP contribution in [-0.4, -0.2) is 32.6 Å². The minimum Gasteiger partial charge on any atom is -0.467 e. The summed E-state index contributed by atoms with van der Waals surface area (Å²) in [5.74, 6) is 1.36. The molecule has 3 aromatic rings. The summed E-state index contributed by atoms with van der Waals surface area (Å²) in [5.41, 5.74) is 2.79. The van der Waals surface area contributed by atoms with E-state index in [2.05, 4.69) is 14.8 Å². The first-order chi connectivity index (χ1) is 11.6. The van der Waals surface area contributed by atoms with E-state index in [1.54, 1.807) is 18.0 Å². The van der Waals surface area contributed by atoms with E-state index in [0.717, 1.165) is 31.4 Å². The molecule has 8 heteroatoms. The highest BCUT2D eigenvalue weighted by Gasteiger charge is 2.17. The topological polar surface area (TPSA) is 60.9 Å². The number of carbonyl (C=O) groups excluding carboxylic acids is 1. The summed E-state index contributed by atoms with van der Waals surface area (Å²) in [6.07, 6.45) is 3.63. The molecule has 0 amide bonds. The van der Waals surface area contributed by atoms with Gasteiger partial charge in [-0.2, -0.15) is 0 Å². The molecule has 0 aliphatic rings. The van der Waals surface area contributed by atoms with E-state index in [1.807, 2.05) is 38.3 Å². The van der Waals surface area contributed by atoms with Crippen LogP contribution in [0, 0.1) is 13.8 Å². The van der Waals surface area contributed by atoms with E-state index < -0.39 is 0 Å². The van der Waals surface area contributed by atoms with Crippen LogP contribution >= 0.6 is 34.9 Å². The number of nitrogens with zero attached hydrogens (tertiary/aromatic N) is 3. The second kappa shape index (κ2) is 7.58. The fourth-order valence-electron chi connectivity index (χ4n) is 2.43. The van der Waals surface area contributed by atoms with Gasteiger partial charge in [-0.1, -0.05) is 34.9 Å². The van der Waals surface area contributed by atoms with Gasteiger partial charge in [0.25, 0.3) is 0 Å². The lowest BCUT2D eigenvalue weighted by molar-refractivity contribution is 0.102. The first-order valence-electron chi connectivity index (χ1n) is 7.31. The molecule has 0 aromatic carbocycles. The molecule has 24 heavy (non-hydrogen) atoms. The number of ketones is 1. The van der Waals surface area contributed by atoms with Crippen molar-refractivity contribution in [2.75, 3.05) is 12.0 Å². The van der Waals surface area contributed by atoms with Crippen LogP contribution in [0.25, 0.3) is 0 Å². The molecule has 5 nitrogen and oxygen atoms in total. The molecule has 0 fully saturated rings. The Bertz CT molecular complexity index is 837. The molecular formula is C16H17N3O2S3. The second-order valence-corrected chi connectivity index (χ2v) is 8.45. The molecule has 126 valence electrons. The molecule has 0 spiro atoms. The number of hydrogen-bond donors (Lipinski definition) is 0. The molecule has 3 rings (SSSR count). The van der Waals surface area contributed by atoms with Crippen molar-refractivity contribution in [3.05, 3.63) is 47.2 Å². The minimum atomic E-state index is 0.111. The summed E-state index contributed by atoms with van der Waals surface area (Å²) in [4.78, 5) is 12.6. The molecule has 3 heterocycles. The van der Waals surface area contributed by atoms with Crippen molar-refractivity contribution in [2.24, 2.45) is 0 Å². The van der Waals surface area contributed by atoms with Gasteiger partial charge in [0.05, 0.1) is 18.6 Å². The first-order valence-corrected chi connectivity index (χ1v) is 10.3. The average Bonchev–Trinajstić information content (AvgIpc) is 3.30. The fraction of sp³-hybridized carbons (Fsp3) is 0.312. The Balaban J connectivity index is 1.70. The zero-order valence-electron chi connectivity index (χ0n) is 13.6. The lowest BCUT2D eigenvalue weighted by Gasteiger charge is -2.07. The van der Waals surface area contributed by atoms with Gasteiger partial charge in [0.2, 0.25) is 0 Å². The predicted molar refractivity (Wildman–Crippen MR) is 98.5 cm³/mol. The lowest BCUT2D eigenvalue weighted by atomic mass is 10.2. The van der Waals surface area contributed by atoms with Crippen molar-refractivity contribution < 1.29 is 9.21 Å². The number of Topliss-reactive ketones (excluding diaryl/α,β-unsaturated/α-hetero) is 1. The van der Waals surface area contributed by atoms with Crippen molar-refractivity contribution in [1.29, 1.82) is 0 Å². The first kappa shape index (κ1) is 17.3. The van der Waals surface area contributed by atoms with Crippen LogP contribution in [-0.2, 0) is 6.54 Å². The monoisotopic (exact) mass is 379 g/mol. The van der Waals surface area contributed by atoms with Gasteiger partial charge >= 0.3 is 0 Å². The number of aromatic nitrogens is 3. The van der Waals surface area contributed by atoms with E-state index >= 15 is 0 Å². The highest BCUT2D eigenvalue weighted by atomic mass is 32.2. The third-order valence-corrected chi connectivity index (χ3v) is 6.69. The zero-order valence-corrected chi connectivity index (χ0v) is 16.1. The molecule has 3 aromatic heterocycles. The zero-order chi connectivity index (χ0) is 17.1. The standard InChI is InChI=1S/C16H17N3O2S3/c1-10-7-13(11(2)19(10)8-12-5-4-6-21-12)14(20)9-23-16-18-17-15(22-3)24-16/h4-7H,8-9H2,1-3H3. The Hall–Kier alpha value is -1.51. The SMILES string of the molecule is CSc1nnc(SCC(=O)c2cc(C)n(Cc3ccco3)c2C)s1. The van der Waals surface area contributed by atoms with E-state index in [9.17, 15) is 4.79 Å². The Morgan fingerprint density at radius 1 is 1.33 bits per heavy atom. The predicted octanol–water partition coefficient (Wildman–Crippen LogP) is 4.29. The van der Waals surface area contributed by atoms with E-state index in [-0.39, 0.29) is 5.78 Å². The Morgan fingerprint density at radius 2 is 2.12 bits per heavy atom. The van der Waals surface area contributed by atoms with Crippen LogP contribution < -0.4 is 0 Å². The highest BCUT2D eigenvalue weighted by molar-refractivity contribution is 8.03. The van der Waals surface area contributed by atoms with Crippen LogP contribution in [0.2, 0.25) is 0 Å². The molecule has 0 bridgehead atoms. The van der Waals surface area contributed by atoms with Crippen LogP contribution in [0.5, 0.6) is 0 Å². The third-order valence-electron chi connectivity index (χ3n) is 3.66. The largest absolute Gasteiger partial charge is 0.467 e. The van der Waals surface area contributed by atoms with Gasteiger partial charge in [0.1, 0.15) is 5.76 Å². The van der Waals surface area contributed by atoms with Crippen molar-refractivity contribution in [2.45, 2.75) is 29.1 Å². The third kappa shape index (κ3) is 3.76. The van der Waals surface area contributed by atoms with Gasteiger partial charge in [-0.3, -0.25) is 4.79 Å². The molecule has 0 radical (unpaired) electrons. The maximum Gasteiger partial charge on any atom is 0.175 e. The minimum absolute atomic E-state index is 0.111. The number of thioether (sulfide) groups is 2. The molecule has 0 aliphatic carbocycles. The van der Waals surface area contributed by atoms with Gasteiger partial charge in [-0.15, -0.1) is 10.2 Å². The van der Waals surface area contributed by atoms with Gasteiger partial charge in [-0.25, -0.2) is 0 Å². The molecule has 0 N–H and O–H groups in total. The highest BCUT2D eigenvalue weighted by Crippen LogP contribution is 2.28. The summed E-state index contributed by atoms with van der Waals surface area (Å²) in [6.45, 7) is 4.62. The normalized spacial score (nSPS) is 11.1. The fourth-order valence-corrected chi connectivity index (χ4v) is 4.75. The molecule has 0 unspecified atom stereocenters. The second-order valence-electron chi connectivity index (χ2n) is 5.20. The van der Waals surface area contributed by atoms with Crippen molar-refractivity contribution in [3.8, 4) is 0 Å². The van der Waals surface area contributed by atoms with Gasteiger partial charge in [0.15, 0.2) is 14.5 Å². The number of rotatable bonds is 7. The quantitative estimate of drug-likeness (QED) is 0.451. The van der Waals surface area contributed by atoms with Crippen LogP contribution in [0.3, 0.4) is 0 Å². The van der Waals surface area contributed by atoms with Crippen LogP contribution in [0.1, 0.15) is 27.5 Å². The Morgan fingerprint density at radius 3 is 2.79 bits per heavy atom. The summed E-state index contributed by atoms with van der Waals surface area (Å²) >= 11 is 4.53. The van der Waals surface area contributed by atoms with Gasteiger partial charge < -0.3 is 8.98 Å². The smallest absolute Gasteiger partial charge is 0.175 e. The Kier molecular flexibility index (Phi) is 5.47. The molecule has 0 aliphatic heterocycles. The van der Waals surface area contributed by atoms with Crippen LogP contribution in [0.4, 0.5) is 0 Å². The molecule has 0 saturated carbocycles. The summed E-state index contributed by atoms with van der Waals surface area (Å²) < 4.78 is 9.26. The van der Waals surface area contributed by atoms with Gasteiger partial charge in [-0.05, 0) is 38.3 Å². The van der Waals surface area contributed by atoms with E-state index in [4.69, 9.17) is 4.42 Å². The maximum absolute atomic E-state index is 12.6. The molecule has 0 saturated heterocycles. The van der Waals surface area contributed by atoms with Crippen molar-refractivity contribution in [1.82, 2.24) is 14.8 Å².